The van der Waals surface area contributed by atoms with E-state index >= 15 is 0 Å². The van der Waals surface area contributed by atoms with Crippen LogP contribution < -0.4 is 9.64 Å². The summed E-state index contributed by atoms with van der Waals surface area (Å²) >= 11 is 0. The summed E-state index contributed by atoms with van der Waals surface area (Å²) in [4.78, 5) is 10.7. The van der Waals surface area contributed by atoms with Crippen LogP contribution in [-0.4, -0.2) is 29.7 Å². The summed E-state index contributed by atoms with van der Waals surface area (Å²) in [6.07, 6.45) is -1.86. The molecular formula is C17H18F3N3O. The topological polar surface area (TPSA) is 38.2 Å². The van der Waals surface area contributed by atoms with Crippen LogP contribution in [0.1, 0.15) is 17.7 Å². The van der Waals surface area contributed by atoms with Crippen LogP contribution in [0.15, 0.2) is 36.5 Å². The molecule has 1 unspecified atom stereocenters. The molecule has 0 radical (unpaired) electrons. The Bertz CT molecular complexity index is 705. The Morgan fingerprint density at radius 1 is 1.25 bits per heavy atom. The minimum atomic E-state index is -4.41. The summed E-state index contributed by atoms with van der Waals surface area (Å²) in [5.41, 5.74) is 0.153. The van der Waals surface area contributed by atoms with Crippen LogP contribution in [0.25, 0.3) is 0 Å². The van der Waals surface area contributed by atoms with E-state index in [9.17, 15) is 13.2 Å². The Morgan fingerprint density at radius 2 is 2.04 bits per heavy atom. The van der Waals surface area contributed by atoms with E-state index in [0.29, 0.717) is 12.5 Å². The lowest BCUT2D eigenvalue weighted by Gasteiger charge is -2.18. The van der Waals surface area contributed by atoms with Crippen molar-refractivity contribution in [3.05, 3.63) is 47.8 Å². The quantitative estimate of drug-likeness (QED) is 0.852. The maximum absolute atomic E-state index is 13.0. The SMILES string of the molecule is Cc1ccnc(N2CCC(COc3ccccc3C(F)(F)F)C2)n1. The summed E-state index contributed by atoms with van der Waals surface area (Å²) in [6, 6.07) is 7.14. The lowest BCUT2D eigenvalue weighted by molar-refractivity contribution is -0.139. The highest BCUT2D eigenvalue weighted by Crippen LogP contribution is 2.36. The van der Waals surface area contributed by atoms with Gasteiger partial charge in [0.2, 0.25) is 5.95 Å². The summed E-state index contributed by atoms with van der Waals surface area (Å²) in [7, 11) is 0. The number of ether oxygens (including phenoxy) is 1. The molecule has 3 rings (SSSR count). The zero-order chi connectivity index (χ0) is 17.2. The fraction of sp³-hybridized carbons (Fsp3) is 0.412. The Morgan fingerprint density at radius 3 is 2.79 bits per heavy atom. The minimum Gasteiger partial charge on any atom is -0.493 e. The van der Waals surface area contributed by atoms with Gasteiger partial charge < -0.3 is 9.64 Å². The standard InChI is InChI=1S/C17H18F3N3O/c1-12-6-8-21-16(22-12)23-9-7-13(10-23)11-24-15-5-3-2-4-14(15)17(18,19)20/h2-6,8,13H,7,9-11H2,1H3. The van der Waals surface area contributed by atoms with Crippen LogP contribution in [-0.2, 0) is 6.18 Å². The number of alkyl halides is 3. The summed E-state index contributed by atoms with van der Waals surface area (Å²) in [5.74, 6) is 0.693. The summed E-state index contributed by atoms with van der Waals surface area (Å²) in [5, 5.41) is 0. The number of aryl methyl sites for hydroxylation is 1. The zero-order valence-corrected chi connectivity index (χ0v) is 13.3. The van der Waals surface area contributed by atoms with Crippen LogP contribution in [0.5, 0.6) is 5.75 Å². The van der Waals surface area contributed by atoms with Gasteiger partial charge in [-0.2, -0.15) is 13.2 Å². The molecule has 1 aromatic heterocycles. The fourth-order valence-corrected chi connectivity index (χ4v) is 2.77. The van der Waals surface area contributed by atoms with Crippen LogP contribution >= 0.6 is 0 Å². The molecule has 1 atom stereocenters. The van der Waals surface area contributed by atoms with Gasteiger partial charge in [0.1, 0.15) is 5.75 Å². The molecule has 2 heterocycles. The Kier molecular flexibility index (Phi) is 4.59. The molecule has 128 valence electrons. The van der Waals surface area contributed by atoms with Crippen molar-refractivity contribution in [3.63, 3.8) is 0 Å². The lowest BCUT2D eigenvalue weighted by Crippen LogP contribution is -2.24. The van der Waals surface area contributed by atoms with Gasteiger partial charge in [-0.05, 0) is 31.5 Å². The van der Waals surface area contributed by atoms with E-state index in [0.717, 1.165) is 24.7 Å². The molecule has 2 aromatic rings. The molecule has 0 bridgehead atoms. The first-order valence-corrected chi connectivity index (χ1v) is 7.77. The molecule has 0 spiro atoms. The Balaban J connectivity index is 1.61. The van der Waals surface area contributed by atoms with Gasteiger partial charge >= 0.3 is 6.18 Å². The van der Waals surface area contributed by atoms with Gasteiger partial charge in [-0.15, -0.1) is 0 Å². The van der Waals surface area contributed by atoms with Crippen LogP contribution in [0, 0.1) is 12.8 Å². The molecule has 1 aliphatic heterocycles. The number of benzene rings is 1. The predicted octanol–water partition coefficient (Wildman–Crippen LogP) is 3.71. The number of hydrogen-bond donors (Lipinski definition) is 0. The van der Waals surface area contributed by atoms with Crippen LogP contribution in [0.2, 0.25) is 0 Å². The normalized spacial score (nSPS) is 18.0. The van der Waals surface area contributed by atoms with Gasteiger partial charge in [-0.25, -0.2) is 9.97 Å². The first-order chi connectivity index (χ1) is 11.4. The van der Waals surface area contributed by atoms with Crippen molar-refractivity contribution in [2.45, 2.75) is 19.5 Å². The molecule has 0 aliphatic carbocycles. The monoisotopic (exact) mass is 337 g/mol. The molecule has 1 saturated heterocycles. The van der Waals surface area contributed by atoms with E-state index in [-0.39, 0.29) is 18.3 Å². The van der Waals surface area contributed by atoms with Crippen molar-refractivity contribution in [1.82, 2.24) is 9.97 Å². The third kappa shape index (κ3) is 3.77. The van der Waals surface area contributed by atoms with Crippen molar-refractivity contribution in [2.24, 2.45) is 5.92 Å². The smallest absolute Gasteiger partial charge is 0.419 e. The lowest BCUT2D eigenvalue weighted by atomic mass is 10.1. The number of para-hydroxylation sites is 1. The maximum Gasteiger partial charge on any atom is 0.419 e. The molecule has 0 N–H and O–H groups in total. The number of aromatic nitrogens is 2. The molecule has 7 heteroatoms. The van der Waals surface area contributed by atoms with Crippen molar-refractivity contribution in [3.8, 4) is 5.75 Å². The maximum atomic E-state index is 13.0. The van der Waals surface area contributed by atoms with Gasteiger partial charge in [-0.3, -0.25) is 0 Å². The van der Waals surface area contributed by atoms with Gasteiger partial charge in [0.15, 0.2) is 0 Å². The molecule has 1 aliphatic rings. The van der Waals surface area contributed by atoms with Gasteiger partial charge in [-0.1, -0.05) is 12.1 Å². The van der Waals surface area contributed by atoms with Crippen molar-refractivity contribution >= 4 is 5.95 Å². The minimum absolute atomic E-state index is 0.116. The average molecular weight is 337 g/mol. The number of nitrogens with zero attached hydrogens (tertiary/aromatic N) is 3. The number of anilines is 1. The van der Waals surface area contributed by atoms with E-state index in [1.54, 1.807) is 12.3 Å². The largest absolute Gasteiger partial charge is 0.493 e. The van der Waals surface area contributed by atoms with E-state index < -0.39 is 11.7 Å². The van der Waals surface area contributed by atoms with E-state index in [1.807, 2.05) is 17.9 Å². The van der Waals surface area contributed by atoms with Gasteiger partial charge in [0.05, 0.1) is 12.2 Å². The second-order valence-corrected chi connectivity index (χ2v) is 5.90. The second-order valence-electron chi connectivity index (χ2n) is 5.90. The molecule has 4 nitrogen and oxygen atoms in total. The predicted molar refractivity (Wildman–Crippen MR) is 84.0 cm³/mol. The van der Waals surface area contributed by atoms with Crippen LogP contribution in [0.4, 0.5) is 19.1 Å². The molecule has 1 aromatic carbocycles. The molecule has 0 saturated carbocycles. The highest BCUT2D eigenvalue weighted by molar-refractivity contribution is 5.36. The van der Waals surface area contributed by atoms with Gasteiger partial charge in [0.25, 0.3) is 0 Å². The van der Waals surface area contributed by atoms with Crippen molar-refractivity contribution < 1.29 is 17.9 Å². The third-order valence-corrected chi connectivity index (χ3v) is 4.02. The summed E-state index contributed by atoms with van der Waals surface area (Å²) in [6.45, 7) is 3.60. The second kappa shape index (κ2) is 6.67. The van der Waals surface area contributed by atoms with Crippen molar-refractivity contribution in [1.29, 1.82) is 0 Å². The average Bonchev–Trinajstić information content (AvgIpc) is 3.01. The van der Waals surface area contributed by atoms with E-state index in [1.165, 1.54) is 12.1 Å². The Labute approximate surface area is 138 Å². The first-order valence-electron chi connectivity index (χ1n) is 7.77. The molecular weight excluding hydrogens is 319 g/mol. The van der Waals surface area contributed by atoms with Crippen molar-refractivity contribution in [2.75, 3.05) is 24.6 Å². The molecule has 1 fully saturated rings. The molecule has 0 amide bonds. The zero-order valence-electron chi connectivity index (χ0n) is 13.3. The summed E-state index contributed by atoms with van der Waals surface area (Å²) < 4.78 is 44.4. The Hall–Kier alpha value is -2.31. The van der Waals surface area contributed by atoms with E-state index in [4.69, 9.17) is 4.74 Å². The first kappa shape index (κ1) is 16.5. The van der Waals surface area contributed by atoms with E-state index in [2.05, 4.69) is 9.97 Å². The highest BCUT2D eigenvalue weighted by atomic mass is 19.4. The van der Waals surface area contributed by atoms with Crippen LogP contribution in [0.3, 0.4) is 0 Å². The third-order valence-electron chi connectivity index (χ3n) is 4.02. The fourth-order valence-electron chi connectivity index (χ4n) is 2.77. The highest BCUT2D eigenvalue weighted by Gasteiger charge is 2.34. The number of halogens is 3. The number of hydrogen-bond acceptors (Lipinski definition) is 4. The molecule has 24 heavy (non-hydrogen) atoms. The van der Waals surface area contributed by atoms with Gasteiger partial charge in [0, 0.05) is 30.9 Å². The number of rotatable bonds is 4.